The first-order valence-electron chi connectivity index (χ1n) is 8.93. The third-order valence-corrected chi connectivity index (χ3v) is 4.63. The van der Waals surface area contributed by atoms with Gasteiger partial charge >= 0.3 is 5.97 Å². The fourth-order valence-electron chi connectivity index (χ4n) is 2.82. The van der Waals surface area contributed by atoms with Crippen LogP contribution in [0.3, 0.4) is 0 Å². The number of rotatable bonds is 5. The minimum atomic E-state index is -0.485. The average Bonchev–Trinajstić information content (AvgIpc) is 2.67. The Morgan fingerprint density at radius 2 is 2.03 bits per heavy atom. The molecule has 1 heterocycles. The Kier molecular flexibility index (Phi) is 6.12. The lowest BCUT2D eigenvalue weighted by atomic mass is 10.2. The van der Waals surface area contributed by atoms with E-state index in [1.54, 1.807) is 30.3 Å². The molecule has 0 saturated carbocycles. The highest BCUT2D eigenvalue weighted by Gasteiger charge is 2.15. The minimum Gasteiger partial charge on any atom is -0.493 e. The summed E-state index contributed by atoms with van der Waals surface area (Å²) in [5, 5.41) is 4.83. The number of nitrogens with zero attached hydrogens (tertiary/aromatic N) is 3. The van der Waals surface area contributed by atoms with Gasteiger partial charge in [-0.15, -0.1) is 0 Å². The van der Waals surface area contributed by atoms with Crippen LogP contribution in [0, 0.1) is 0 Å². The molecule has 0 atom stereocenters. The zero-order chi connectivity index (χ0) is 21.1. The van der Waals surface area contributed by atoms with Crippen molar-refractivity contribution in [1.82, 2.24) is 9.66 Å². The Morgan fingerprint density at radius 3 is 2.69 bits per heavy atom. The van der Waals surface area contributed by atoms with E-state index in [2.05, 4.69) is 26.0 Å². The van der Waals surface area contributed by atoms with Gasteiger partial charge in [-0.1, -0.05) is 35.8 Å². The number of fused-ring (bicyclic) bond motifs is 1. The smallest absolute Gasteiger partial charge is 0.308 e. The molecule has 0 amide bonds. The molecular formula is C21H20BrN3O4. The van der Waals surface area contributed by atoms with Crippen molar-refractivity contribution < 1.29 is 14.3 Å². The summed E-state index contributed by atoms with van der Waals surface area (Å²) in [6, 6.07) is 10.5. The quantitative estimate of drug-likeness (QED) is 0.327. The summed E-state index contributed by atoms with van der Waals surface area (Å²) in [6.07, 6.45) is 1.46. The van der Waals surface area contributed by atoms with Gasteiger partial charge < -0.3 is 9.47 Å². The predicted molar refractivity (Wildman–Crippen MR) is 115 cm³/mol. The van der Waals surface area contributed by atoms with Crippen molar-refractivity contribution >= 4 is 39.0 Å². The highest BCUT2D eigenvalue weighted by Crippen LogP contribution is 2.30. The van der Waals surface area contributed by atoms with Gasteiger partial charge in [-0.3, -0.25) is 9.59 Å². The minimum absolute atomic E-state index is 0.0360. The molecule has 0 unspecified atom stereocenters. The fraction of sp³-hybridized carbons (Fsp3) is 0.238. The molecule has 7 nitrogen and oxygen atoms in total. The number of ether oxygens (including phenoxy) is 2. The van der Waals surface area contributed by atoms with Crippen LogP contribution in [0.1, 0.15) is 38.1 Å². The topological polar surface area (TPSA) is 82.8 Å². The first kappa shape index (κ1) is 20.7. The van der Waals surface area contributed by atoms with Crippen LogP contribution in [-0.4, -0.2) is 29.0 Å². The number of aromatic nitrogens is 2. The Labute approximate surface area is 176 Å². The van der Waals surface area contributed by atoms with Crippen molar-refractivity contribution in [2.75, 3.05) is 7.11 Å². The standard InChI is InChI=1S/C21H20BrN3O4/c1-12(2)20-24-17-9-8-15(22)10-16(17)21(27)25(20)23-11-14-6-5-7-18(28-4)19(14)29-13(3)26/h5-12H,1-4H3. The average molecular weight is 458 g/mol. The van der Waals surface area contributed by atoms with E-state index in [9.17, 15) is 9.59 Å². The Balaban J connectivity index is 2.19. The van der Waals surface area contributed by atoms with Crippen molar-refractivity contribution in [3.05, 3.63) is 62.6 Å². The highest BCUT2D eigenvalue weighted by atomic mass is 79.9. The maximum absolute atomic E-state index is 13.1. The fourth-order valence-corrected chi connectivity index (χ4v) is 3.18. The Bertz CT molecular complexity index is 1170. The number of hydrogen-bond acceptors (Lipinski definition) is 6. The first-order valence-corrected chi connectivity index (χ1v) is 9.73. The number of methoxy groups -OCH3 is 1. The molecule has 0 radical (unpaired) electrons. The maximum atomic E-state index is 13.1. The van der Waals surface area contributed by atoms with Crippen LogP contribution >= 0.6 is 15.9 Å². The molecule has 2 aromatic carbocycles. The number of para-hydroxylation sites is 1. The molecule has 3 aromatic rings. The molecule has 0 aliphatic heterocycles. The molecule has 0 bridgehead atoms. The molecule has 0 saturated heterocycles. The highest BCUT2D eigenvalue weighted by molar-refractivity contribution is 9.10. The van der Waals surface area contributed by atoms with Gasteiger partial charge in [0.05, 0.1) is 24.2 Å². The molecule has 29 heavy (non-hydrogen) atoms. The molecule has 1 aromatic heterocycles. The third kappa shape index (κ3) is 4.37. The van der Waals surface area contributed by atoms with Crippen molar-refractivity contribution in [3.63, 3.8) is 0 Å². The Hall–Kier alpha value is -3.00. The van der Waals surface area contributed by atoms with Crippen LogP contribution < -0.4 is 15.0 Å². The van der Waals surface area contributed by atoms with Crippen molar-refractivity contribution in [2.24, 2.45) is 5.10 Å². The van der Waals surface area contributed by atoms with Gasteiger partial charge in [-0.05, 0) is 30.3 Å². The molecule has 0 fully saturated rings. The van der Waals surface area contributed by atoms with E-state index in [1.807, 2.05) is 19.9 Å². The summed E-state index contributed by atoms with van der Waals surface area (Å²) in [5.74, 6) is 0.633. The van der Waals surface area contributed by atoms with Crippen LogP contribution in [0.4, 0.5) is 0 Å². The number of benzene rings is 2. The molecule has 8 heteroatoms. The van der Waals surface area contributed by atoms with Gasteiger partial charge in [0.25, 0.3) is 5.56 Å². The molecule has 150 valence electrons. The van der Waals surface area contributed by atoms with E-state index in [-0.39, 0.29) is 17.2 Å². The van der Waals surface area contributed by atoms with Gasteiger partial charge in [0.2, 0.25) is 0 Å². The number of carbonyl (C=O) groups is 1. The van der Waals surface area contributed by atoms with E-state index in [0.29, 0.717) is 28.0 Å². The number of halogens is 1. The number of carbonyl (C=O) groups excluding carboxylic acids is 1. The Morgan fingerprint density at radius 1 is 1.28 bits per heavy atom. The second-order valence-corrected chi connectivity index (χ2v) is 7.54. The largest absolute Gasteiger partial charge is 0.493 e. The summed E-state index contributed by atoms with van der Waals surface area (Å²) >= 11 is 3.39. The summed E-state index contributed by atoms with van der Waals surface area (Å²) in [4.78, 5) is 29.2. The van der Waals surface area contributed by atoms with Gasteiger partial charge in [-0.2, -0.15) is 9.78 Å². The van der Waals surface area contributed by atoms with E-state index < -0.39 is 5.97 Å². The third-order valence-electron chi connectivity index (χ3n) is 4.14. The molecular weight excluding hydrogens is 438 g/mol. The van der Waals surface area contributed by atoms with Crippen LogP contribution in [0.5, 0.6) is 11.5 Å². The summed E-state index contributed by atoms with van der Waals surface area (Å²) in [6.45, 7) is 5.18. The van der Waals surface area contributed by atoms with Crippen LogP contribution in [-0.2, 0) is 4.79 Å². The normalized spacial score (nSPS) is 11.4. The van der Waals surface area contributed by atoms with Gasteiger partial charge in [0.1, 0.15) is 5.82 Å². The lowest BCUT2D eigenvalue weighted by Gasteiger charge is -2.13. The van der Waals surface area contributed by atoms with Crippen LogP contribution in [0.25, 0.3) is 10.9 Å². The number of hydrogen-bond donors (Lipinski definition) is 0. The predicted octanol–water partition coefficient (Wildman–Crippen LogP) is 4.10. The monoisotopic (exact) mass is 457 g/mol. The van der Waals surface area contributed by atoms with Crippen molar-refractivity contribution in [2.45, 2.75) is 26.7 Å². The van der Waals surface area contributed by atoms with E-state index in [1.165, 1.54) is 24.9 Å². The molecule has 0 spiro atoms. The molecule has 0 aliphatic rings. The van der Waals surface area contributed by atoms with Crippen LogP contribution in [0.2, 0.25) is 0 Å². The zero-order valence-corrected chi connectivity index (χ0v) is 18.1. The van der Waals surface area contributed by atoms with Gasteiger partial charge in [0.15, 0.2) is 11.5 Å². The SMILES string of the molecule is COc1cccc(C=Nn2c(C(C)C)nc3ccc(Br)cc3c2=O)c1OC(C)=O. The first-order chi connectivity index (χ1) is 13.8. The van der Waals surface area contributed by atoms with Crippen molar-refractivity contribution in [1.29, 1.82) is 0 Å². The zero-order valence-electron chi connectivity index (χ0n) is 16.5. The lowest BCUT2D eigenvalue weighted by molar-refractivity contribution is -0.132. The molecule has 0 N–H and O–H groups in total. The van der Waals surface area contributed by atoms with Gasteiger partial charge in [0, 0.05) is 22.9 Å². The summed E-state index contributed by atoms with van der Waals surface area (Å²) in [5.41, 5.74) is 0.819. The van der Waals surface area contributed by atoms with Crippen LogP contribution in [0.15, 0.2) is 50.8 Å². The summed E-state index contributed by atoms with van der Waals surface area (Å²) in [7, 11) is 1.48. The lowest BCUT2D eigenvalue weighted by Crippen LogP contribution is -2.23. The summed E-state index contributed by atoms with van der Waals surface area (Å²) < 4.78 is 12.6. The van der Waals surface area contributed by atoms with E-state index in [0.717, 1.165) is 4.47 Å². The number of esters is 1. The maximum Gasteiger partial charge on any atom is 0.308 e. The second kappa shape index (κ2) is 8.57. The molecule has 3 rings (SSSR count). The van der Waals surface area contributed by atoms with Crippen molar-refractivity contribution in [3.8, 4) is 11.5 Å². The van der Waals surface area contributed by atoms with E-state index >= 15 is 0 Å². The second-order valence-electron chi connectivity index (χ2n) is 6.62. The van der Waals surface area contributed by atoms with E-state index in [4.69, 9.17) is 9.47 Å². The van der Waals surface area contributed by atoms with Gasteiger partial charge in [-0.25, -0.2) is 4.98 Å². The molecule has 0 aliphatic carbocycles.